The Morgan fingerprint density at radius 3 is 2.38 bits per heavy atom. The van der Waals surface area contributed by atoms with Gasteiger partial charge in [-0.1, -0.05) is 22.0 Å². The van der Waals surface area contributed by atoms with Gasteiger partial charge in [0.15, 0.2) is 11.5 Å². The molecule has 138 valence electrons. The van der Waals surface area contributed by atoms with Crippen molar-refractivity contribution < 1.29 is 19.0 Å². The normalized spacial score (nSPS) is 10.6. The zero-order chi connectivity index (χ0) is 18.9. The minimum absolute atomic E-state index is 0.160. The van der Waals surface area contributed by atoms with Crippen LogP contribution in [0.3, 0.4) is 0 Å². The lowest BCUT2D eigenvalue weighted by Gasteiger charge is -2.09. The molecule has 0 unspecified atom stereocenters. The number of carbonyl (C=O) groups is 1. The molecular formula is C20H22BrNO4. The van der Waals surface area contributed by atoms with Gasteiger partial charge in [0.2, 0.25) is 5.91 Å². The zero-order valence-electron chi connectivity index (χ0n) is 15.0. The molecule has 0 saturated carbocycles. The maximum absolute atomic E-state index is 12.0. The summed E-state index contributed by atoms with van der Waals surface area (Å²) in [5, 5.41) is 2.87. The van der Waals surface area contributed by atoms with Gasteiger partial charge in [-0.2, -0.15) is 0 Å². The highest BCUT2D eigenvalue weighted by Crippen LogP contribution is 2.27. The largest absolute Gasteiger partial charge is 0.496 e. The van der Waals surface area contributed by atoms with Crippen LogP contribution in [0.5, 0.6) is 17.2 Å². The van der Waals surface area contributed by atoms with Crippen LogP contribution in [-0.2, 0) is 11.2 Å². The first-order valence-corrected chi connectivity index (χ1v) is 8.87. The molecule has 5 nitrogen and oxygen atoms in total. The van der Waals surface area contributed by atoms with Gasteiger partial charge in [-0.25, -0.2) is 0 Å². The average molecular weight is 420 g/mol. The van der Waals surface area contributed by atoms with Crippen molar-refractivity contribution in [2.45, 2.75) is 6.42 Å². The molecule has 0 atom stereocenters. The van der Waals surface area contributed by atoms with Crippen LogP contribution in [0.25, 0.3) is 6.08 Å². The van der Waals surface area contributed by atoms with Gasteiger partial charge in [0.1, 0.15) is 5.75 Å². The predicted molar refractivity (Wildman–Crippen MR) is 106 cm³/mol. The Morgan fingerprint density at radius 2 is 1.69 bits per heavy atom. The zero-order valence-corrected chi connectivity index (χ0v) is 16.6. The smallest absolute Gasteiger partial charge is 0.244 e. The van der Waals surface area contributed by atoms with E-state index in [0.717, 1.165) is 15.6 Å². The molecule has 6 heteroatoms. The van der Waals surface area contributed by atoms with Gasteiger partial charge < -0.3 is 19.5 Å². The fourth-order valence-electron chi connectivity index (χ4n) is 2.43. The van der Waals surface area contributed by atoms with E-state index in [0.29, 0.717) is 30.2 Å². The van der Waals surface area contributed by atoms with E-state index in [1.807, 2.05) is 36.4 Å². The van der Waals surface area contributed by atoms with Gasteiger partial charge in [0.25, 0.3) is 0 Å². The van der Waals surface area contributed by atoms with Crippen LogP contribution < -0.4 is 19.5 Å². The molecule has 0 spiro atoms. The topological polar surface area (TPSA) is 56.8 Å². The highest BCUT2D eigenvalue weighted by atomic mass is 79.9. The second-order valence-corrected chi connectivity index (χ2v) is 6.37. The summed E-state index contributed by atoms with van der Waals surface area (Å²) in [6, 6.07) is 11.3. The van der Waals surface area contributed by atoms with Gasteiger partial charge in [-0.15, -0.1) is 0 Å². The number of halogens is 1. The number of rotatable bonds is 8. The summed E-state index contributed by atoms with van der Waals surface area (Å²) in [4.78, 5) is 12.0. The molecule has 1 amide bonds. The number of hydrogen-bond donors (Lipinski definition) is 1. The SMILES string of the molecule is COc1ccc(Br)cc1/C=C\C(=O)NCCc1ccc(OC)c(OC)c1. The van der Waals surface area contributed by atoms with E-state index in [9.17, 15) is 4.79 Å². The molecule has 0 radical (unpaired) electrons. The second kappa shape index (κ2) is 9.87. The molecule has 0 bridgehead atoms. The molecule has 0 heterocycles. The van der Waals surface area contributed by atoms with Crippen LogP contribution in [0, 0.1) is 0 Å². The highest BCUT2D eigenvalue weighted by Gasteiger charge is 2.05. The number of ether oxygens (including phenoxy) is 3. The van der Waals surface area contributed by atoms with Crippen LogP contribution >= 0.6 is 15.9 Å². The third-order valence-corrected chi connectivity index (χ3v) is 4.26. The van der Waals surface area contributed by atoms with Crippen molar-refractivity contribution in [1.82, 2.24) is 5.32 Å². The number of amides is 1. The third kappa shape index (κ3) is 5.52. The third-order valence-electron chi connectivity index (χ3n) is 3.77. The van der Waals surface area contributed by atoms with Crippen molar-refractivity contribution in [2.24, 2.45) is 0 Å². The Morgan fingerprint density at radius 1 is 1.00 bits per heavy atom. The lowest BCUT2D eigenvalue weighted by molar-refractivity contribution is -0.116. The summed E-state index contributed by atoms with van der Waals surface area (Å²) in [7, 11) is 4.80. The van der Waals surface area contributed by atoms with Crippen LogP contribution in [-0.4, -0.2) is 33.8 Å². The van der Waals surface area contributed by atoms with E-state index >= 15 is 0 Å². The maximum Gasteiger partial charge on any atom is 0.244 e. The maximum atomic E-state index is 12.0. The molecule has 0 aliphatic rings. The monoisotopic (exact) mass is 419 g/mol. The molecule has 0 aliphatic heterocycles. The Labute approximate surface area is 162 Å². The minimum atomic E-state index is -0.160. The van der Waals surface area contributed by atoms with Gasteiger partial charge in [0.05, 0.1) is 21.3 Å². The van der Waals surface area contributed by atoms with Crippen molar-refractivity contribution in [3.8, 4) is 17.2 Å². The van der Waals surface area contributed by atoms with Crippen LogP contribution in [0.1, 0.15) is 11.1 Å². The molecular weight excluding hydrogens is 398 g/mol. The molecule has 2 aromatic carbocycles. The van der Waals surface area contributed by atoms with Crippen LogP contribution in [0.15, 0.2) is 46.9 Å². The standard InChI is InChI=1S/C20H22BrNO4/c1-24-17-8-6-16(21)13-15(17)5-9-20(23)22-11-10-14-4-7-18(25-2)19(12-14)26-3/h4-9,12-13H,10-11H2,1-3H3,(H,22,23)/b9-5-. The van der Waals surface area contributed by atoms with Crippen molar-refractivity contribution in [3.05, 3.63) is 58.1 Å². The summed E-state index contributed by atoms with van der Waals surface area (Å²) in [6.45, 7) is 0.522. The number of hydrogen-bond acceptors (Lipinski definition) is 4. The molecule has 26 heavy (non-hydrogen) atoms. The van der Waals surface area contributed by atoms with Gasteiger partial charge in [-0.3, -0.25) is 4.79 Å². The van der Waals surface area contributed by atoms with Crippen molar-refractivity contribution in [1.29, 1.82) is 0 Å². The van der Waals surface area contributed by atoms with E-state index in [-0.39, 0.29) is 5.91 Å². The van der Waals surface area contributed by atoms with Gasteiger partial charge in [0, 0.05) is 22.7 Å². The first kappa shape index (κ1) is 19.8. The van der Waals surface area contributed by atoms with E-state index in [1.165, 1.54) is 6.08 Å². The quantitative estimate of drug-likeness (QED) is 0.660. The molecule has 0 fully saturated rings. The number of nitrogens with one attached hydrogen (secondary N) is 1. The van der Waals surface area contributed by atoms with Gasteiger partial charge in [-0.05, 0) is 48.4 Å². The lowest BCUT2D eigenvalue weighted by atomic mass is 10.1. The molecule has 1 N–H and O–H groups in total. The fraction of sp³-hybridized carbons (Fsp3) is 0.250. The summed E-state index contributed by atoms with van der Waals surface area (Å²) < 4.78 is 16.7. The van der Waals surface area contributed by atoms with E-state index in [1.54, 1.807) is 27.4 Å². The van der Waals surface area contributed by atoms with Crippen molar-refractivity contribution in [3.63, 3.8) is 0 Å². The second-order valence-electron chi connectivity index (χ2n) is 5.45. The van der Waals surface area contributed by atoms with Gasteiger partial charge >= 0.3 is 0 Å². The minimum Gasteiger partial charge on any atom is -0.496 e. The Hall–Kier alpha value is -2.47. The molecule has 0 saturated heterocycles. The predicted octanol–water partition coefficient (Wildman–Crippen LogP) is 3.85. The van der Waals surface area contributed by atoms with E-state index in [4.69, 9.17) is 14.2 Å². The summed E-state index contributed by atoms with van der Waals surface area (Å²) in [5.41, 5.74) is 1.89. The Balaban J connectivity index is 1.90. The first-order valence-electron chi connectivity index (χ1n) is 8.07. The molecule has 0 aromatic heterocycles. The van der Waals surface area contributed by atoms with Crippen molar-refractivity contribution in [2.75, 3.05) is 27.9 Å². The van der Waals surface area contributed by atoms with Crippen molar-refractivity contribution >= 4 is 27.9 Å². The molecule has 2 aromatic rings. The molecule has 2 rings (SSSR count). The summed E-state index contributed by atoms with van der Waals surface area (Å²) in [6.07, 6.45) is 3.92. The summed E-state index contributed by atoms with van der Waals surface area (Å²) in [5.74, 6) is 1.92. The Bertz CT molecular complexity index is 789. The average Bonchev–Trinajstić information content (AvgIpc) is 2.66. The number of carbonyl (C=O) groups excluding carboxylic acids is 1. The lowest BCUT2D eigenvalue weighted by Crippen LogP contribution is -2.23. The Kier molecular flexibility index (Phi) is 7.53. The highest BCUT2D eigenvalue weighted by molar-refractivity contribution is 9.10. The first-order chi connectivity index (χ1) is 12.6. The summed E-state index contributed by atoms with van der Waals surface area (Å²) >= 11 is 3.41. The fourth-order valence-corrected chi connectivity index (χ4v) is 2.80. The molecule has 0 aliphatic carbocycles. The number of benzene rings is 2. The van der Waals surface area contributed by atoms with Crippen LogP contribution in [0.4, 0.5) is 0 Å². The van der Waals surface area contributed by atoms with E-state index in [2.05, 4.69) is 21.2 Å². The van der Waals surface area contributed by atoms with E-state index < -0.39 is 0 Å². The number of methoxy groups -OCH3 is 3. The van der Waals surface area contributed by atoms with Crippen LogP contribution in [0.2, 0.25) is 0 Å².